The van der Waals surface area contributed by atoms with E-state index in [-0.39, 0.29) is 0 Å². The molecule has 0 aliphatic heterocycles. The third-order valence-corrected chi connectivity index (χ3v) is 1.91. The predicted octanol–water partition coefficient (Wildman–Crippen LogP) is 2.38. The number of pyridine rings is 1. The zero-order valence-electron chi connectivity index (χ0n) is 9.05. The molecule has 0 saturated carbocycles. The van der Waals surface area contributed by atoms with Gasteiger partial charge < -0.3 is 4.90 Å². The first-order chi connectivity index (χ1) is 6.00. The van der Waals surface area contributed by atoms with Crippen molar-refractivity contribution in [1.82, 2.24) is 4.98 Å². The minimum Gasteiger partial charge on any atom is -0.363 e. The lowest BCUT2D eigenvalue weighted by Crippen LogP contribution is -2.12. The van der Waals surface area contributed by atoms with E-state index in [1.807, 2.05) is 25.1 Å². The summed E-state index contributed by atoms with van der Waals surface area (Å²) in [6, 6.07) is 5.31. The highest BCUT2D eigenvalue weighted by Crippen LogP contribution is 2.17. The van der Waals surface area contributed by atoms with Gasteiger partial charge in [0, 0.05) is 20.2 Å². The van der Waals surface area contributed by atoms with Crippen molar-refractivity contribution in [3.05, 3.63) is 23.4 Å². The van der Waals surface area contributed by atoms with Crippen LogP contribution >= 0.6 is 0 Å². The molecule has 0 unspecified atom stereocenters. The minimum absolute atomic E-state index is 0.443. The first kappa shape index (κ1) is 10.0. The first-order valence-electron chi connectivity index (χ1n) is 4.59. The maximum absolute atomic E-state index is 4.50. The van der Waals surface area contributed by atoms with E-state index in [1.165, 1.54) is 0 Å². The van der Waals surface area contributed by atoms with Gasteiger partial charge in [-0.05, 0) is 24.5 Å². The summed E-state index contributed by atoms with van der Waals surface area (Å²) in [5.41, 5.74) is 2.20. The highest BCUT2D eigenvalue weighted by molar-refractivity contribution is 5.40. The van der Waals surface area contributed by atoms with Gasteiger partial charge in [0.25, 0.3) is 0 Å². The van der Waals surface area contributed by atoms with Crippen molar-refractivity contribution < 1.29 is 0 Å². The zero-order chi connectivity index (χ0) is 10.0. The fraction of sp³-hybridized carbons (Fsp3) is 0.545. The van der Waals surface area contributed by atoms with Crippen LogP contribution in [0.4, 0.5) is 5.82 Å². The molecular formula is C11H17N2. The Labute approximate surface area is 80.6 Å². The molecule has 0 bridgehead atoms. The van der Waals surface area contributed by atoms with Crippen LogP contribution in [0, 0.1) is 13.0 Å². The number of rotatable bonds is 2. The van der Waals surface area contributed by atoms with Crippen molar-refractivity contribution in [3.63, 3.8) is 0 Å². The minimum atomic E-state index is 0.443. The third-order valence-electron chi connectivity index (χ3n) is 1.91. The summed E-state index contributed by atoms with van der Waals surface area (Å²) >= 11 is 0. The quantitative estimate of drug-likeness (QED) is 0.689. The van der Waals surface area contributed by atoms with Crippen molar-refractivity contribution in [3.8, 4) is 0 Å². The third kappa shape index (κ3) is 2.44. The summed E-state index contributed by atoms with van der Waals surface area (Å²) in [6.45, 7) is 6.33. The van der Waals surface area contributed by atoms with Crippen molar-refractivity contribution in [1.29, 1.82) is 0 Å². The van der Waals surface area contributed by atoms with E-state index >= 15 is 0 Å². The van der Waals surface area contributed by atoms with E-state index in [9.17, 15) is 0 Å². The number of hydrogen-bond donors (Lipinski definition) is 0. The lowest BCUT2D eigenvalue weighted by Gasteiger charge is -2.14. The second-order valence-electron chi connectivity index (χ2n) is 3.86. The highest BCUT2D eigenvalue weighted by atomic mass is 15.1. The zero-order valence-corrected chi connectivity index (χ0v) is 9.05. The van der Waals surface area contributed by atoms with Crippen LogP contribution in [0.15, 0.2) is 6.07 Å². The van der Waals surface area contributed by atoms with Crippen LogP contribution < -0.4 is 4.90 Å². The molecule has 1 aromatic rings. The van der Waals surface area contributed by atoms with Gasteiger partial charge in [-0.3, -0.25) is 0 Å². The summed E-state index contributed by atoms with van der Waals surface area (Å²) < 4.78 is 0. The Kier molecular flexibility index (Phi) is 2.91. The monoisotopic (exact) mass is 177 g/mol. The second kappa shape index (κ2) is 3.77. The molecule has 0 aliphatic rings. The van der Waals surface area contributed by atoms with E-state index in [4.69, 9.17) is 0 Å². The molecule has 0 N–H and O–H groups in total. The van der Waals surface area contributed by atoms with Crippen LogP contribution in [0.2, 0.25) is 0 Å². The van der Waals surface area contributed by atoms with Crippen LogP contribution in [0.3, 0.4) is 0 Å². The van der Waals surface area contributed by atoms with Gasteiger partial charge in [-0.15, -0.1) is 0 Å². The molecule has 0 aromatic carbocycles. The van der Waals surface area contributed by atoms with Crippen molar-refractivity contribution in [2.24, 2.45) is 0 Å². The van der Waals surface area contributed by atoms with Gasteiger partial charge in [-0.25, -0.2) is 4.98 Å². The Balaban J connectivity index is 3.11. The summed E-state index contributed by atoms with van der Waals surface area (Å²) in [5, 5.41) is 0. The number of nitrogens with zero attached hydrogens (tertiary/aromatic N) is 2. The molecule has 1 rings (SSSR count). The van der Waals surface area contributed by atoms with Gasteiger partial charge in [-0.1, -0.05) is 13.8 Å². The number of aryl methyl sites for hydroxylation is 1. The molecule has 1 radical (unpaired) electrons. The maximum atomic E-state index is 4.50. The van der Waals surface area contributed by atoms with Gasteiger partial charge in [-0.2, -0.15) is 0 Å². The smallest absolute Gasteiger partial charge is 0.128 e. The molecule has 2 heteroatoms. The van der Waals surface area contributed by atoms with Gasteiger partial charge in [0.05, 0.1) is 5.69 Å². The Morgan fingerprint density at radius 3 is 2.46 bits per heavy atom. The lowest BCUT2D eigenvalue weighted by molar-refractivity contribution is 0.813. The van der Waals surface area contributed by atoms with E-state index < -0.39 is 0 Å². The molecule has 0 amide bonds. The number of anilines is 1. The first-order valence-corrected chi connectivity index (χ1v) is 4.59. The van der Waals surface area contributed by atoms with Crippen molar-refractivity contribution in [2.75, 3.05) is 19.0 Å². The van der Waals surface area contributed by atoms with E-state index in [0.717, 1.165) is 17.1 Å². The van der Waals surface area contributed by atoms with E-state index in [0.29, 0.717) is 5.92 Å². The Morgan fingerprint density at radius 2 is 2.00 bits per heavy atom. The fourth-order valence-corrected chi connectivity index (χ4v) is 1.12. The summed E-state index contributed by atoms with van der Waals surface area (Å²) in [4.78, 5) is 6.52. The van der Waals surface area contributed by atoms with Crippen LogP contribution in [-0.2, 0) is 0 Å². The second-order valence-corrected chi connectivity index (χ2v) is 3.86. The topological polar surface area (TPSA) is 16.1 Å². The summed E-state index contributed by atoms with van der Waals surface area (Å²) in [7, 11) is 4.01. The van der Waals surface area contributed by atoms with Crippen LogP contribution in [0.5, 0.6) is 0 Å². The summed E-state index contributed by atoms with van der Waals surface area (Å²) in [5.74, 6) is 1.46. The molecule has 0 spiro atoms. The number of aromatic nitrogens is 1. The van der Waals surface area contributed by atoms with E-state index in [2.05, 4.69) is 31.8 Å². The van der Waals surface area contributed by atoms with Crippen molar-refractivity contribution in [2.45, 2.75) is 26.7 Å². The van der Waals surface area contributed by atoms with Crippen LogP contribution in [0.25, 0.3) is 0 Å². The van der Waals surface area contributed by atoms with Crippen molar-refractivity contribution >= 4 is 5.82 Å². The molecule has 13 heavy (non-hydrogen) atoms. The Hall–Kier alpha value is -1.05. The fourth-order valence-electron chi connectivity index (χ4n) is 1.12. The molecule has 0 fully saturated rings. The molecule has 0 atom stereocenters. The van der Waals surface area contributed by atoms with Gasteiger partial charge in [0.2, 0.25) is 0 Å². The maximum Gasteiger partial charge on any atom is 0.128 e. The standard InChI is InChI=1S/C11H17N2/c1-8(2)10-6-9(3)7-11(12-10)13(4)5/h7-8H,1-5H3. The van der Waals surface area contributed by atoms with E-state index in [1.54, 1.807) is 0 Å². The predicted molar refractivity (Wildman–Crippen MR) is 56.2 cm³/mol. The van der Waals surface area contributed by atoms with Gasteiger partial charge in [0.1, 0.15) is 5.82 Å². The average molecular weight is 177 g/mol. The van der Waals surface area contributed by atoms with Gasteiger partial charge in [0.15, 0.2) is 0 Å². The molecule has 2 nitrogen and oxygen atoms in total. The SMILES string of the molecule is Cc1[c]c(C(C)C)nc(N(C)C)c1. The molecule has 0 saturated heterocycles. The van der Waals surface area contributed by atoms with Crippen LogP contribution in [-0.4, -0.2) is 19.1 Å². The Bertz CT molecular complexity index is 264. The number of hydrogen-bond acceptors (Lipinski definition) is 2. The highest BCUT2D eigenvalue weighted by Gasteiger charge is 2.05. The van der Waals surface area contributed by atoms with Crippen LogP contribution in [0.1, 0.15) is 31.0 Å². The lowest BCUT2D eigenvalue weighted by atomic mass is 10.1. The Morgan fingerprint density at radius 1 is 1.38 bits per heavy atom. The summed E-state index contributed by atoms with van der Waals surface area (Å²) in [6.07, 6.45) is 0. The largest absolute Gasteiger partial charge is 0.363 e. The molecular weight excluding hydrogens is 160 g/mol. The average Bonchev–Trinajstić information content (AvgIpc) is 2.03. The van der Waals surface area contributed by atoms with Gasteiger partial charge >= 0.3 is 0 Å². The molecule has 71 valence electrons. The normalized spacial score (nSPS) is 10.6. The molecule has 0 aliphatic carbocycles. The molecule has 1 heterocycles. The molecule has 1 aromatic heterocycles.